The van der Waals surface area contributed by atoms with E-state index in [4.69, 9.17) is 18.9 Å². The fourth-order valence-electron chi connectivity index (χ4n) is 4.47. The van der Waals surface area contributed by atoms with Crippen molar-refractivity contribution in [3.8, 4) is 22.8 Å². The predicted octanol–water partition coefficient (Wildman–Crippen LogP) is 4.01. The standard InChI is InChI=1S/C25H31NO6/c1-5-31-24(28)18-15-26-19(14-20(18)27)17-13-21(30-4)22(32-10-6-9-29-3)11-16(17)12-23(26)25(2)7-8-25/h11,13-15,23H,5-10,12H2,1-4H3. The molecule has 1 saturated carbocycles. The predicted molar refractivity (Wildman–Crippen MR) is 121 cm³/mol. The monoisotopic (exact) mass is 441 g/mol. The average molecular weight is 442 g/mol. The van der Waals surface area contributed by atoms with Crippen LogP contribution < -0.4 is 14.9 Å². The van der Waals surface area contributed by atoms with Gasteiger partial charge in [0.1, 0.15) is 5.56 Å². The lowest BCUT2D eigenvalue weighted by molar-refractivity contribution is 0.0523. The molecular weight excluding hydrogens is 410 g/mol. The summed E-state index contributed by atoms with van der Waals surface area (Å²) in [7, 11) is 3.28. The molecule has 1 fully saturated rings. The number of carbonyl (C=O) groups is 1. The minimum Gasteiger partial charge on any atom is -0.493 e. The molecule has 0 bridgehead atoms. The number of pyridine rings is 1. The van der Waals surface area contributed by atoms with E-state index in [2.05, 4.69) is 11.5 Å². The summed E-state index contributed by atoms with van der Waals surface area (Å²) < 4.78 is 23.9. The van der Waals surface area contributed by atoms with Crippen LogP contribution in [0.5, 0.6) is 11.5 Å². The van der Waals surface area contributed by atoms with Crippen LogP contribution in [0.4, 0.5) is 0 Å². The van der Waals surface area contributed by atoms with Crippen LogP contribution in [0.1, 0.15) is 55.1 Å². The molecule has 7 heteroatoms. The Morgan fingerprint density at radius 1 is 1.16 bits per heavy atom. The molecule has 0 saturated heterocycles. The Hall–Kier alpha value is -2.80. The Labute approximate surface area is 188 Å². The Morgan fingerprint density at radius 2 is 1.94 bits per heavy atom. The summed E-state index contributed by atoms with van der Waals surface area (Å²) in [6.45, 7) is 5.39. The highest BCUT2D eigenvalue weighted by atomic mass is 16.5. The summed E-state index contributed by atoms with van der Waals surface area (Å²) >= 11 is 0. The highest BCUT2D eigenvalue weighted by Crippen LogP contribution is 2.57. The third kappa shape index (κ3) is 4.13. The number of rotatable bonds is 9. The topological polar surface area (TPSA) is 76.0 Å². The Bertz CT molecular complexity index is 1070. The van der Waals surface area contributed by atoms with Crippen molar-refractivity contribution in [3.05, 3.63) is 45.7 Å². The lowest BCUT2D eigenvalue weighted by Gasteiger charge is -2.35. The molecule has 0 spiro atoms. The van der Waals surface area contributed by atoms with Gasteiger partial charge >= 0.3 is 5.97 Å². The van der Waals surface area contributed by atoms with Crippen molar-refractivity contribution in [2.45, 2.75) is 45.6 Å². The molecular formula is C25H31NO6. The van der Waals surface area contributed by atoms with Crippen molar-refractivity contribution in [1.29, 1.82) is 0 Å². The largest absolute Gasteiger partial charge is 0.493 e. The summed E-state index contributed by atoms with van der Waals surface area (Å²) in [5.41, 5.74) is 2.73. The molecule has 0 radical (unpaired) electrons. The smallest absolute Gasteiger partial charge is 0.343 e. The van der Waals surface area contributed by atoms with E-state index in [1.165, 1.54) is 0 Å². The van der Waals surface area contributed by atoms with E-state index in [0.29, 0.717) is 24.7 Å². The van der Waals surface area contributed by atoms with Crippen LogP contribution >= 0.6 is 0 Å². The van der Waals surface area contributed by atoms with E-state index in [-0.39, 0.29) is 29.1 Å². The van der Waals surface area contributed by atoms with Gasteiger partial charge in [0.2, 0.25) is 0 Å². The normalized spacial score (nSPS) is 17.8. The van der Waals surface area contributed by atoms with Crippen molar-refractivity contribution in [3.63, 3.8) is 0 Å². The van der Waals surface area contributed by atoms with Gasteiger partial charge in [-0.25, -0.2) is 4.79 Å². The second-order valence-electron chi connectivity index (χ2n) is 8.79. The fraction of sp³-hybridized carbons (Fsp3) is 0.520. The van der Waals surface area contributed by atoms with Gasteiger partial charge in [-0.05, 0) is 49.3 Å². The molecule has 4 rings (SSSR count). The van der Waals surface area contributed by atoms with Crippen LogP contribution in [0.2, 0.25) is 0 Å². The van der Waals surface area contributed by atoms with Crippen LogP contribution in [0, 0.1) is 5.41 Å². The lowest BCUT2D eigenvalue weighted by Crippen LogP contribution is -2.30. The highest BCUT2D eigenvalue weighted by molar-refractivity contribution is 5.89. The van der Waals surface area contributed by atoms with Gasteiger partial charge in [0.25, 0.3) is 0 Å². The van der Waals surface area contributed by atoms with Gasteiger partial charge in [-0.1, -0.05) is 6.92 Å². The lowest BCUT2D eigenvalue weighted by atomic mass is 9.84. The van der Waals surface area contributed by atoms with Crippen LogP contribution in [-0.2, 0) is 15.9 Å². The minimum atomic E-state index is -0.573. The van der Waals surface area contributed by atoms with Gasteiger partial charge in [0.05, 0.1) is 26.0 Å². The SMILES string of the molecule is CCOC(=O)c1cn2c(cc1=O)-c1cc(OC)c(OCCCOC)cc1CC2C1(C)CC1. The Balaban J connectivity index is 1.79. The average Bonchev–Trinajstić information content (AvgIpc) is 3.53. The first-order valence-corrected chi connectivity index (χ1v) is 11.2. The number of benzene rings is 1. The summed E-state index contributed by atoms with van der Waals surface area (Å²) in [4.78, 5) is 25.2. The number of nitrogens with zero attached hydrogens (tertiary/aromatic N) is 1. The molecule has 2 aliphatic rings. The third-order valence-electron chi connectivity index (χ3n) is 6.58. The Morgan fingerprint density at radius 3 is 2.59 bits per heavy atom. The second-order valence-corrected chi connectivity index (χ2v) is 8.79. The molecule has 1 atom stereocenters. The van der Waals surface area contributed by atoms with Gasteiger partial charge < -0.3 is 23.5 Å². The number of hydrogen-bond donors (Lipinski definition) is 0. The van der Waals surface area contributed by atoms with Gasteiger partial charge in [-0.15, -0.1) is 0 Å². The molecule has 32 heavy (non-hydrogen) atoms. The van der Waals surface area contributed by atoms with E-state index < -0.39 is 5.97 Å². The van der Waals surface area contributed by atoms with Crippen molar-refractivity contribution >= 4 is 5.97 Å². The van der Waals surface area contributed by atoms with Crippen LogP contribution in [0.15, 0.2) is 29.2 Å². The fourth-order valence-corrected chi connectivity index (χ4v) is 4.47. The summed E-state index contributed by atoms with van der Waals surface area (Å²) in [5.74, 6) is 0.738. The van der Waals surface area contributed by atoms with Gasteiger partial charge in [-0.2, -0.15) is 0 Å². The first-order chi connectivity index (χ1) is 15.4. The number of hydrogen-bond acceptors (Lipinski definition) is 6. The first-order valence-electron chi connectivity index (χ1n) is 11.2. The van der Waals surface area contributed by atoms with Gasteiger partial charge in [-0.3, -0.25) is 4.79 Å². The Kier molecular flexibility index (Phi) is 6.29. The number of aromatic nitrogens is 1. The maximum Gasteiger partial charge on any atom is 0.343 e. The maximum absolute atomic E-state index is 12.8. The van der Waals surface area contributed by atoms with E-state index in [1.807, 2.05) is 12.1 Å². The third-order valence-corrected chi connectivity index (χ3v) is 6.58. The zero-order valence-electron chi connectivity index (χ0n) is 19.2. The molecule has 1 aromatic heterocycles. The zero-order valence-corrected chi connectivity index (χ0v) is 19.2. The quantitative estimate of drug-likeness (QED) is 0.432. The number of methoxy groups -OCH3 is 2. The molecule has 1 aromatic carbocycles. The number of fused-ring (bicyclic) bond motifs is 3. The van der Waals surface area contributed by atoms with Crippen molar-refractivity contribution in [2.24, 2.45) is 5.41 Å². The molecule has 1 aliphatic heterocycles. The van der Waals surface area contributed by atoms with Crippen LogP contribution in [-0.4, -0.2) is 44.6 Å². The van der Waals surface area contributed by atoms with E-state index in [1.54, 1.807) is 33.4 Å². The number of esters is 1. The van der Waals surface area contributed by atoms with Gasteiger partial charge in [0.15, 0.2) is 16.9 Å². The van der Waals surface area contributed by atoms with Crippen molar-refractivity contribution < 1.29 is 23.7 Å². The molecule has 2 aromatic rings. The number of ether oxygens (including phenoxy) is 4. The summed E-state index contributed by atoms with van der Waals surface area (Å²) in [6.07, 6.45) is 5.50. The van der Waals surface area contributed by atoms with E-state index in [0.717, 1.165) is 42.5 Å². The van der Waals surface area contributed by atoms with Crippen LogP contribution in [0.3, 0.4) is 0 Å². The second kappa shape index (κ2) is 8.98. The maximum atomic E-state index is 12.8. The van der Waals surface area contributed by atoms with Gasteiger partial charge in [0, 0.05) is 44.0 Å². The first kappa shape index (κ1) is 22.4. The van der Waals surface area contributed by atoms with Crippen molar-refractivity contribution in [2.75, 3.05) is 34.0 Å². The highest BCUT2D eigenvalue weighted by Gasteiger charge is 2.47. The van der Waals surface area contributed by atoms with E-state index in [9.17, 15) is 9.59 Å². The molecule has 0 N–H and O–H groups in total. The van der Waals surface area contributed by atoms with Crippen LogP contribution in [0.25, 0.3) is 11.3 Å². The zero-order chi connectivity index (χ0) is 22.9. The molecule has 1 aliphatic carbocycles. The van der Waals surface area contributed by atoms with E-state index >= 15 is 0 Å². The molecule has 7 nitrogen and oxygen atoms in total. The molecule has 0 amide bonds. The number of carbonyl (C=O) groups excluding carboxylic acids is 1. The summed E-state index contributed by atoms with van der Waals surface area (Å²) in [6, 6.07) is 5.67. The summed E-state index contributed by atoms with van der Waals surface area (Å²) in [5, 5.41) is 0. The molecule has 1 unspecified atom stereocenters. The van der Waals surface area contributed by atoms with Crippen molar-refractivity contribution in [1.82, 2.24) is 4.57 Å². The molecule has 172 valence electrons. The molecule has 2 heterocycles. The minimum absolute atomic E-state index is 0.0818.